The Hall–Kier alpha value is -3.68. The normalized spacial score (nSPS) is 10.9. The van der Waals surface area contributed by atoms with Crippen LogP contribution in [-0.4, -0.2) is 38.2 Å². The monoisotopic (exact) mass is 363 g/mol. The van der Waals surface area contributed by atoms with E-state index in [1.807, 2.05) is 49.4 Å². The molecule has 8 nitrogen and oxygen atoms in total. The fourth-order valence-corrected chi connectivity index (χ4v) is 2.63. The molecule has 0 saturated carbocycles. The number of hydrogen-bond donors (Lipinski definition) is 1. The molecule has 0 aliphatic rings. The third-order valence-corrected chi connectivity index (χ3v) is 4.02. The molecule has 0 aliphatic carbocycles. The number of benzene rings is 1. The zero-order valence-corrected chi connectivity index (χ0v) is 14.8. The van der Waals surface area contributed by atoms with Gasteiger partial charge in [0.1, 0.15) is 18.0 Å². The van der Waals surface area contributed by atoms with Crippen molar-refractivity contribution in [3.8, 4) is 22.8 Å². The first-order valence-corrected chi connectivity index (χ1v) is 8.36. The number of H-pyrrole nitrogens is 1. The molecule has 3 aromatic heterocycles. The van der Waals surface area contributed by atoms with E-state index in [1.54, 1.807) is 13.1 Å². The summed E-state index contributed by atoms with van der Waals surface area (Å²) in [6.45, 7) is 2.04. The smallest absolute Gasteiger partial charge is 0.274 e. The van der Waals surface area contributed by atoms with Crippen molar-refractivity contribution in [2.24, 2.45) is 0 Å². The first-order valence-electron chi connectivity index (χ1n) is 8.36. The standard InChI is InChI=1S/C19H17N5O3/c1-12-8-9-16(26-12)14-10-15(22-21-14)19(25)24(2)11-17-20-18(23-27-17)13-6-4-3-5-7-13/h3-10H,11H2,1-2H3,(H,21,22). The Bertz CT molecular complexity index is 1060. The molecule has 8 heteroatoms. The maximum absolute atomic E-state index is 12.6. The average Bonchev–Trinajstić information content (AvgIpc) is 3.42. The van der Waals surface area contributed by atoms with E-state index in [1.165, 1.54) is 4.90 Å². The van der Waals surface area contributed by atoms with Crippen LogP contribution in [0.4, 0.5) is 0 Å². The van der Waals surface area contributed by atoms with Gasteiger partial charge in [-0.25, -0.2) is 0 Å². The topological polar surface area (TPSA) is 101 Å². The van der Waals surface area contributed by atoms with Crippen molar-refractivity contribution in [2.45, 2.75) is 13.5 Å². The van der Waals surface area contributed by atoms with Crippen LogP contribution in [0.1, 0.15) is 22.1 Å². The maximum Gasteiger partial charge on any atom is 0.274 e. The van der Waals surface area contributed by atoms with Gasteiger partial charge in [-0.05, 0) is 19.1 Å². The van der Waals surface area contributed by atoms with Crippen LogP contribution in [0.5, 0.6) is 0 Å². The van der Waals surface area contributed by atoms with Crippen LogP contribution in [0.2, 0.25) is 0 Å². The zero-order chi connectivity index (χ0) is 18.8. The molecule has 27 heavy (non-hydrogen) atoms. The Labute approximate surface area is 154 Å². The van der Waals surface area contributed by atoms with Crippen LogP contribution in [0.3, 0.4) is 0 Å². The second-order valence-corrected chi connectivity index (χ2v) is 6.12. The lowest BCUT2D eigenvalue weighted by molar-refractivity contribution is 0.0763. The quantitative estimate of drug-likeness (QED) is 0.584. The summed E-state index contributed by atoms with van der Waals surface area (Å²) in [5.74, 6) is 1.99. The highest BCUT2D eigenvalue weighted by Crippen LogP contribution is 2.21. The lowest BCUT2D eigenvalue weighted by atomic mass is 10.2. The third kappa shape index (κ3) is 3.50. The molecule has 136 valence electrons. The summed E-state index contributed by atoms with van der Waals surface area (Å²) in [5.41, 5.74) is 1.78. The predicted molar refractivity (Wildman–Crippen MR) is 96.6 cm³/mol. The number of hydrogen-bond acceptors (Lipinski definition) is 6. The maximum atomic E-state index is 12.6. The van der Waals surface area contributed by atoms with Crippen molar-refractivity contribution in [1.82, 2.24) is 25.2 Å². The van der Waals surface area contributed by atoms with Crippen molar-refractivity contribution in [1.29, 1.82) is 0 Å². The molecule has 0 aliphatic heterocycles. The summed E-state index contributed by atoms with van der Waals surface area (Å²) in [6, 6.07) is 14.8. The lowest BCUT2D eigenvalue weighted by Crippen LogP contribution is -2.26. The van der Waals surface area contributed by atoms with Crippen LogP contribution in [-0.2, 0) is 6.54 Å². The van der Waals surface area contributed by atoms with Gasteiger partial charge in [-0.15, -0.1) is 0 Å². The van der Waals surface area contributed by atoms with Crippen molar-refractivity contribution >= 4 is 5.91 Å². The Morgan fingerprint density at radius 1 is 1.19 bits per heavy atom. The number of aromatic nitrogens is 4. The van der Waals surface area contributed by atoms with Gasteiger partial charge in [0.15, 0.2) is 11.5 Å². The van der Waals surface area contributed by atoms with Crippen molar-refractivity contribution < 1.29 is 13.7 Å². The van der Waals surface area contributed by atoms with Gasteiger partial charge in [0.25, 0.3) is 5.91 Å². The van der Waals surface area contributed by atoms with Gasteiger partial charge in [0.2, 0.25) is 11.7 Å². The first kappa shape index (κ1) is 16.8. The predicted octanol–water partition coefficient (Wildman–Crippen LogP) is 3.30. The van der Waals surface area contributed by atoms with Crippen LogP contribution in [0, 0.1) is 6.92 Å². The Morgan fingerprint density at radius 2 is 2.00 bits per heavy atom. The third-order valence-electron chi connectivity index (χ3n) is 4.02. The number of nitrogens with zero attached hydrogens (tertiary/aromatic N) is 4. The number of carbonyl (C=O) groups excluding carboxylic acids is 1. The number of rotatable bonds is 5. The number of nitrogens with one attached hydrogen (secondary N) is 1. The Morgan fingerprint density at radius 3 is 2.74 bits per heavy atom. The molecule has 1 aromatic carbocycles. The highest BCUT2D eigenvalue weighted by atomic mass is 16.5. The van der Waals surface area contributed by atoms with E-state index in [0.717, 1.165) is 11.3 Å². The van der Waals surface area contributed by atoms with Crippen molar-refractivity contribution in [3.05, 3.63) is 65.9 Å². The molecule has 0 atom stereocenters. The molecule has 4 aromatic rings. The summed E-state index contributed by atoms with van der Waals surface area (Å²) in [4.78, 5) is 18.4. The van der Waals surface area contributed by atoms with E-state index in [0.29, 0.717) is 23.2 Å². The summed E-state index contributed by atoms with van der Waals surface area (Å²) < 4.78 is 10.8. The first-order chi connectivity index (χ1) is 13.1. The molecule has 0 bridgehead atoms. The highest BCUT2D eigenvalue weighted by molar-refractivity contribution is 5.93. The number of amides is 1. The van der Waals surface area contributed by atoms with E-state index in [-0.39, 0.29) is 18.1 Å². The molecule has 0 radical (unpaired) electrons. The van der Waals surface area contributed by atoms with Crippen LogP contribution in [0.25, 0.3) is 22.8 Å². The van der Waals surface area contributed by atoms with Gasteiger partial charge in [0.05, 0.1) is 0 Å². The largest absolute Gasteiger partial charge is 0.460 e. The number of carbonyl (C=O) groups is 1. The van der Waals surface area contributed by atoms with E-state index in [4.69, 9.17) is 8.94 Å². The van der Waals surface area contributed by atoms with E-state index in [2.05, 4.69) is 20.3 Å². The molecule has 0 saturated heterocycles. The summed E-state index contributed by atoms with van der Waals surface area (Å²) in [7, 11) is 1.65. The molecule has 4 rings (SSSR count). The summed E-state index contributed by atoms with van der Waals surface area (Å²) in [6.07, 6.45) is 0. The van der Waals surface area contributed by atoms with Crippen LogP contribution >= 0.6 is 0 Å². The van der Waals surface area contributed by atoms with Crippen LogP contribution < -0.4 is 0 Å². The molecular weight excluding hydrogens is 346 g/mol. The molecule has 0 unspecified atom stereocenters. The molecule has 1 amide bonds. The molecule has 3 heterocycles. The Kier molecular flexibility index (Phi) is 4.29. The lowest BCUT2D eigenvalue weighted by Gasteiger charge is -2.12. The number of furan rings is 1. The molecule has 0 fully saturated rings. The van der Waals surface area contributed by atoms with Gasteiger partial charge in [-0.3, -0.25) is 9.89 Å². The van der Waals surface area contributed by atoms with E-state index < -0.39 is 0 Å². The second kappa shape index (κ2) is 6.91. The SMILES string of the molecule is Cc1ccc(-c2cc(C(=O)N(C)Cc3nc(-c4ccccc4)no3)n[nH]2)o1. The molecule has 0 spiro atoms. The minimum Gasteiger partial charge on any atom is -0.460 e. The van der Waals surface area contributed by atoms with Gasteiger partial charge < -0.3 is 13.8 Å². The highest BCUT2D eigenvalue weighted by Gasteiger charge is 2.19. The van der Waals surface area contributed by atoms with E-state index in [9.17, 15) is 4.79 Å². The van der Waals surface area contributed by atoms with Gasteiger partial charge in [-0.1, -0.05) is 35.5 Å². The second-order valence-electron chi connectivity index (χ2n) is 6.12. The average molecular weight is 363 g/mol. The summed E-state index contributed by atoms with van der Waals surface area (Å²) >= 11 is 0. The minimum absolute atomic E-state index is 0.181. The van der Waals surface area contributed by atoms with Gasteiger partial charge in [-0.2, -0.15) is 10.1 Å². The van der Waals surface area contributed by atoms with Gasteiger partial charge >= 0.3 is 0 Å². The fourth-order valence-electron chi connectivity index (χ4n) is 2.63. The van der Waals surface area contributed by atoms with Crippen LogP contribution in [0.15, 0.2) is 57.5 Å². The molecular formula is C19H17N5O3. The van der Waals surface area contributed by atoms with E-state index >= 15 is 0 Å². The summed E-state index contributed by atoms with van der Waals surface area (Å²) in [5, 5.41) is 10.9. The van der Waals surface area contributed by atoms with Crippen molar-refractivity contribution in [2.75, 3.05) is 7.05 Å². The number of aromatic amines is 1. The number of aryl methyl sites for hydroxylation is 1. The zero-order valence-electron chi connectivity index (χ0n) is 14.8. The van der Waals surface area contributed by atoms with Crippen molar-refractivity contribution in [3.63, 3.8) is 0 Å². The fraction of sp³-hybridized carbons (Fsp3) is 0.158. The molecule has 1 N–H and O–H groups in total. The van der Waals surface area contributed by atoms with Gasteiger partial charge in [0, 0.05) is 18.7 Å². The Balaban J connectivity index is 1.46. The minimum atomic E-state index is -0.264.